The van der Waals surface area contributed by atoms with E-state index in [2.05, 4.69) is 47.0 Å². The Bertz CT molecular complexity index is 367. The van der Waals surface area contributed by atoms with Gasteiger partial charge in [-0.25, -0.2) is 0 Å². The van der Waals surface area contributed by atoms with Gasteiger partial charge in [-0.3, -0.25) is 0 Å². The van der Waals surface area contributed by atoms with E-state index < -0.39 is 0 Å². The van der Waals surface area contributed by atoms with Gasteiger partial charge in [0.05, 0.1) is 11.4 Å². The maximum absolute atomic E-state index is 5.98. The number of anilines is 2. The number of hydrogen-bond donors (Lipinski definition) is 2. The fraction of sp³-hybridized carbons (Fsp3) is 0.538. The molecule has 0 saturated heterocycles. The van der Waals surface area contributed by atoms with Crippen molar-refractivity contribution in [2.45, 2.75) is 32.6 Å². The van der Waals surface area contributed by atoms with Crippen LogP contribution < -0.4 is 11.1 Å². The molecule has 2 nitrogen and oxygen atoms in total. The largest absolute Gasteiger partial charge is 0.397 e. The molecule has 1 saturated carbocycles. The Morgan fingerprint density at radius 1 is 1.44 bits per heavy atom. The molecule has 0 aliphatic heterocycles. The summed E-state index contributed by atoms with van der Waals surface area (Å²) in [4.78, 5) is 0. The fourth-order valence-corrected chi connectivity index (χ4v) is 2.82. The van der Waals surface area contributed by atoms with Gasteiger partial charge < -0.3 is 11.1 Å². The van der Waals surface area contributed by atoms with Gasteiger partial charge in [0.2, 0.25) is 0 Å². The molecule has 1 aromatic rings. The van der Waals surface area contributed by atoms with Crippen molar-refractivity contribution in [2.24, 2.45) is 5.41 Å². The molecule has 2 rings (SSSR count). The van der Waals surface area contributed by atoms with E-state index in [0.717, 1.165) is 17.9 Å². The van der Waals surface area contributed by atoms with Crippen molar-refractivity contribution in [3.63, 3.8) is 0 Å². The highest BCUT2D eigenvalue weighted by Gasteiger charge is 2.34. The number of hydrogen-bond acceptors (Lipinski definition) is 2. The standard InChI is InChI=1S/C13H19IN2/c1-2-13(6-3-7-13)9-16-12-5-4-10(14)8-11(12)15/h4-5,8,16H,2-3,6-7,9,15H2,1H3. The molecule has 0 bridgehead atoms. The number of halogens is 1. The van der Waals surface area contributed by atoms with Crippen LogP contribution in [0, 0.1) is 8.99 Å². The third-order valence-corrected chi connectivity index (χ3v) is 4.50. The summed E-state index contributed by atoms with van der Waals surface area (Å²) in [5.74, 6) is 0. The molecule has 1 aliphatic rings. The van der Waals surface area contributed by atoms with Gasteiger partial charge in [-0.1, -0.05) is 13.3 Å². The van der Waals surface area contributed by atoms with Crippen molar-refractivity contribution < 1.29 is 0 Å². The van der Waals surface area contributed by atoms with Crippen LogP contribution in [-0.2, 0) is 0 Å². The summed E-state index contributed by atoms with van der Waals surface area (Å²) in [6.45, 7) is 3.35. The van der Waals surface area contributed by atoms with E-state index in [9.17, 15) is 0 Å². The second-order valence-electron chi connectivity index (χ2n) is 4.79. The number of rotatable bonds is 4. The normalized spacial score (nSPS) is 17.9. The van der Waals surface area contributed by atoms with Crippen LogP contribution in [0.4, 0.5) is 11.4 Å². The number of benzene rings is 1. The second-order valence-corrected chi connectivity index (χ2v) is 6.04. The first kappa shape index (κ1) is 12.0. The molecule has 0 amide bonds. The van der Waals surface area contributed by atoms with E-state index in [1.54, 1.807) is 0 Å². The smallest absolute Gasteiger partial charge is 0.0574 e. The molecule has 1 fully saturated rings. The van der Waals surface area contributed by atoms with Crippen LogP contribution in [0.5, 0.6) is 0 Å². The van der Waals surface area contributed by atoms with Gasteiger partial charge in [-0.15, -0.1) is 0 Å². The third kappa shape index (κ3) is 2.44. The van der Waals surface area contributed by atoms with Gasteiger partial charge in [0.25, 0.3) is 0 Å². The van der Waals surface area contributed by atoms with Crippen molar-refractivity contribution in [1.82, 2.24) is 0 Å². The molecule has 0 radical (unpaired) electrons. The highest BCUT2D eigenvalue weighted by Crippen LogP contribution is 2.43. The zero-order chi connectivity index (χ0) is 11.6. The zero-order valence-electron chi connectivity index (χ0n) is 9.72. The Hall–Kier alpha value is -0.450. The summed E-state index contributed by atoms with van der Waals surface area (Å²) in [7, 11) is 0. The van der Waals surface area contributed by atoms with E-state index in [1.807, 2.05) is 6.07 Å². The van der Waals surface area contributed by atoms with Crippen LogP contribution in [0.15, 0.2) is 18.2 Å². The molecule has 88 valence electrons. The molecule has 0 spiro atoms. The first-order valence-corrected chi connectivity index (χ1v) is 7.02. The molecule has 1 aromatic carbocycles. The predicted molar refractivity (Wildman–Crippen MR) is 78.6 cm³/mol. The first-order chi connectivity index (χ1) is 7.65. The van der Waals surface area contributed by atoms with Crippen molar-refractivity contribution in [1.29, 1.82) is 0 Å². The highest BCUT2D eigenvalue weighted by molar-refractivity contribution is 14.1. The van der Waals surface area contributed by atoms with Gasteiger partial charge in [-0.05, 0) is 65.5 Å². The van der Waals surface area contributed by atoms with E-state index in [4.69, 9.17) is 5.73 Å². The average Bonchev–Trinajstić information content (AvgIpc) is 2.19. The van der Waals surface area contributed by atoms with E-state index in [1.165, 1.54) is 29.3 Å². The molecule has 0 atom stereocenters. The lowest BCUT2D eigenvalue weighted by atomic mass is 9.67. The summed E-state index contributed by atoms with van der Waals surface area (Å²) < 4.78 is 1.19. The Kier molecular flexibility index (Phi) is 3.62. The van der Waals surface area contributed by atoms with Crippen LogP contribution >= 0.6 is 22.6 Å². The van der Waals surface area contributed by atoms with Crippen molar-refractivity contribution >= 4 is 34.0 Å². The number of nitrogen functional groups attached to an aromatic ring is 1. The lowest BCUT2D eigenvalue weighted by molar-refractivity contribution is 0.145. The lowest BCUT2D eigenvalue weighted by Crippen LogP contribution is -2.35. The summed E-state index contributed by atoms with van der Waals surface area (Å²) in [5, 5.41) is 3.51. The molecule has 0 heterocycles. The Morgan fingerprint density at radius 2 is 2.19 bits per heavy atom. The SMILES string of the molecule is CCC1(CNc2ccc(I)cc2N)CCC1. The summed E-state index contributed by atoms with van der Waals surface area (Å²) in [6, 6.07) is 6.19. The van der Waals surface area contributed by atoms with E-state index in [-0.39, 0.29) is 0 Å². The molecular weight excluding hydrogens is 311 g/mol. The van der Waals surface area contributed by atoms with E-state index >= 15 is 0 Å². The van der Waals surface area contributed by atoms with E-state index in [0.29, 0.717) is 5.41 Å². The van der Waals surface area contributed by atoms with Crippen LogP contribution in [0.1, 0.15) is 32.6 Å². The van der Waals surface area contributed by atoms with Gasteiger partial charge >= 0.3 is 0 Å². The van der Waals surface area contributed by atoms with Gasteiger partial charge in [0, 0.05) is 10.1 Å². The third-order valence-electron chi connectivity index (χ3n) is 3.83. The molecule has 3 N–H and O–H groups in total. The number of nitrogens with two attached hydrogens (primary N) is 1. The minimum atomic E-state index is 0.537. The molecule has 1 aliphatic carbocycles. The zero-order valence-corrected chi connectivity index (χ0v) is 11.9. The van der Waals surface area contributed by atoms with Gasteiger partial charge in [0.1, 0.15) is 0 Å². The maximum atomic E-state index is 5.98. The monoisotopic (exact) mass is 330 g/mol. The maximum Gasteiger partial charge on any atom is 0.0574 e. The summed E-state index contributed by atoms with van der Waals surface area (Å²) >= 11 is 2.28. The van der Waals surface area contributed by atoms with Crippen molar-refractivity contribution in [2.75, 3.05) is 17.6 Å². The lowest BCUT2D eigenvalue weighted by Gasteiger charge is -2.41. The highest BCUT2D eigenvalue weighted by atomic mass is 127. The van der Waals surface area contributed by atoms with Crippen LogP contribution in [-0.4, -0.2) is 6.54 Å². The summed E-state index contributed by atoms with van der Waals surface area (Å²) in [6.07, 6.45) is 5.38. The van der Waals surface area contributed by atoms with Crippen LogP contribution in [0.25, 0.3) is 0 Å². The number of nitrogens with one attached hydrogen (secondary N) is 1. The topological polar surface area (TPSA) is 38.0 Å². The Labute approximate surface area is 111 Å². The molecule has 0 aromatic heterocycles. The van der Waals surface area contributed by atoms with Crippen LogP contribution in [0.2, 0.25) is 0 Å². The minimum absolute atomic E-state index is 0.537. The van der Waals surface area contributed by atoms with Crippen molar-refractivity contribution in [3.05, 3.63) is 21.8 Å². The second kappa shape index (κ2) is 4.82. The minimum Gasteiger partial charge on any atom is -0.397 e. The molecule has 16 heavy (non-hydrogen) atoms. The summed E-state index contributed by atoms with van der Waals surface area (Å²) in [5.41, 5.74) is 8.46. The average molecular weight is 330 g/mol. The van der Waals surface area contributed by atoms with Gasteiger partial charge in [-0.2, -0.15) is 0 Å². The first-order valence-electron chi connectivity index (χ1n) is 5.94. The predicted octanol–water partition coefficient (Wildman–Crippen LogP) is 3.87. The van der Waals surface area contributed by atoms with Crippen LogP contribution in [0.3, 0.4) is 0 Å². The Balaban J connectivity index is 1.99. The van der Waals surface area contributed by atoms with Gasteiger partial charge in [0.15, 0.2) is 0 Å². The van der Waals surface area contributed by atoms with Crippen molar-refractivity contribution in [3.8, 4) is 0 Å². The molecular formula is C13H19IN2. The molecule has 0 unspecified atom stereocenters. The molecule has 3 heteroatoms. The quantitative estimate of drug-likeness (QED) is 0.650. The fourth-order valence-electron chi connectivity index (χ4n) is 2.31. The Morgan fingerprint density at radius 3 is 2.69 bits per heavy atom.